The largest absolute Gasteiger partial charge is 0.493 e. The van der Waals surface area contributed by atoms with E-state index in [1.54, 1.807) is 14.2 Å². The van der Waals surface area contributed by atoms with E-state index in [4.69, 9.17) is 9.47 Å². The molecule has 2 aromatic rings. The number of hydrogen-bond acceptors (Lipinski definition) is 5. The molecular weight excluding hydrogens is 306 g/mol. The maximum absolute atomic E-state index is 12.7. The summed E-state index contributed by atoms with van der Waals surface area (Å²) in [5.74, 6) is 1.91. The topological polar surface area (TPSA) is 67.5 Å². The number of anilines is 1. The summed E-state index contributed by atoms with van der Waals surface area (Å²) >= 11 is 0. The number of aryl methyl sites for hydroxylation is 1. The minimum Gasteiger partial charge on any atom is -0.493 e. The Hall–Kier alpha value is -2.24. The molecule has 2 saturated heterocycles. The molecule has 6 heteroatoms. The van der Waals surface area contributed by atoms with Crippen molar-refractivity contribution >= 4 is 16.9 Å². The first-order valence-corrected chi connectivity index (χ1v) is 8.58. The number of hydrogen-bond donors (Lipinski definition) is 1. The first kappa shape index (κ1) is 15.3. The van der Waals surface area contributed by atoms with Crippen molar-refractivity contribution < 1.29 is 9.47 Å². The van der Waals surface area contributed by atoms with Crippen molar-refractivity contribution in [3.05, 3.63) is 22.0 Å². The van der Waals surface area contributed by atoms with Gasteiger partial charge >= 0.3 is 0 Å². The van der Waals surface area contributed by atoms with Crippen LogP contribution in [0.3, 0.4) is 0 Å². The number of aromatic amines is 1. The standard InChI is InChI=1S/C18H23N3O3/c1-10-15-13(9-14(23-2)16(10)24-3)19-18(20-17(15)22)21-11-5-4-6-12(21)8-7-11/h9,11-12H,4-8H2,1-3H3,(H,19,20,22). The molecule has 0 spiro atoms. The average molecular weight is 329 g/mol. The number of benzene rings is 1. The summed E-state index contributed by atoms with van der Waals surface area (Å²) in [7, 11) is 3.19. The number of nitrogens with one attached hydrogen (secondary N) is 1. The van der Waals surface area contributed by atoms with E-state index in [0.29, 0.717) is 34.9 Å². The fourth-order valence-corrected chi connectivity index (χ4v) is 4.43. The van der Waals surface area contributed by atoms with Gasteiger partial charge in [0.1, 0.15) is 0 Å². The van der Waals surface area contributed by atoms with Crippen molar-refractivity contribution in [2.75, 3.05) is 19.1 Å². The molecule has 2 fully saturated rings. The van der Waals surface area contributed by atoms with Crippen LogP contribution in [0, 0.1) is 6.92 Å². The maximum Gasteiger partial charge on any atom is 0.282 e. The Kier molecular flexibility index (Phi) is 3.62. The molecule has 6 nitrogen and oxygen atoms in total. The lowest BCUT2D eigenvalue weighted by atomic mass is 10.0. The van der Waals surface area contributed by atoms with Crippen LogP contribution in [0.1, 0.15) is 37.7 Å². The summed E-state index contributed by atoms with van der Waals surface area (Å²) in [6, 6.07) is 2.84. The third-order valence-electron chi connectivity index (χ3n) is 5.52. The maximum atomic E-state index is 12.7. The number of piperidine rings is 1. The molecule has 4 rings (SSSR count). The third-order valence-corrected chi connectivity index (χ3v) is 5.52. The van der Waals surface area contributed by atoms with Gasteiger partial charge in [-0.15, -0.1) is 0 Å². The average Bonchev–Trinajstić information content (AvgIpc) is 2.83. The highest BCUT2D eigenvalue weighted by Gasteiger charge is 2.38. The highest BCUT2D eigenvalue weighted by Crippen LogP contribution is 2.39. The molecule has 1 aromatic heterocycles. The summed E-state index contributed by atoms with van der Waals surface area (Å²) in [5.41, 5.74) is 1.31. The van der Waals surface area contributed by atoms with E-state index in [2.05, 4.69) is 14.9 Å². The molecule has 1 aromatic carbocycles. The summed E-state index contributed by atoms with van der Waals surface area (Å²) in [4.78, 5) is 22.8. The van der Waals surface area contributed by atoms with Crippen LogP contribution in [0.5, 0.6) is 11.5 Å². The molecule has 1 N–H and O–H groups in total. The Morgan fingerprint density at radius 2 is 1.88 bits per heavy atom. The fourth-order valence-electron chi connectivity index (χ4n) is 4.43. The van der Waals surface area contributed by atoms with E-state index in [1.807, 2.05) is 13.0 Å². The molecule has 0 saturated carbocycles. The highest BCUT2D eigenvalue weighted by molar-refractivity contribution is 5.86. The minimum absolute atomic E-state index is 0.206. The van der Waals surface area contributed by atoms with Gasteiger partial charge in [0.15, 0.2) is 11.5 Å². The van der Waals surface area contributed by atoms with Gasteiger partial charge in [-0.3, -0.25) is 4.79 Å². The number of ether oxygens (including phenoxy) is 2. The molecule has 2 unspecified atom stereocenters. The van der Waals surface area contributed by atoms with Crippen LogP contribution in [0.4, 0.5) is 5.95 Å². The molecule has 3 heterocycles. The van der Waals surface area contributed by atoms with Gasteiger partial charge in [0.25, 0.3) is 5.56 Å². The number of H-pyrrole nitrogens is 1. The number of fused-ring (bicyclic) bond motifs is 3. The second-order valence-electron chi connectivity index (χ2n) is 6.75. The summed E-state index contributed by atoms with van der Waals surface area (Å²) < 4.78 is 10.8. The summed E-state index contributed by atoms with van der Waals surface area (Å²) in [6.07, 6.45) is 6.02. The van der Waals surface area contributed by atoms with Gasteiger partial charge in [-0.2, -0.15) is 4.98 Å². The van der Waals surface area contributed by atoms with Gasteiger partial charge < -0.3 is 19.4 Å². The molecule has 2 atom stereocenters. The first-order valence-electron chi connectivity index (χ1n) is 8.58. The van der Waals surface area contributed by atoms with Crippen molar-refractivity contribution in [2.24, 2.45) is 0 Å². The first-order chi connectivity index (χ1) is 11.6. The van der Waals surface area contributed by atoms with Crippen LogP contribution in [-0.4, -0.2) is 36.3 Å². The third kappa shape index (κ3) is 2.16. The van der Waals surface area contributed by atoms with Crippen molar-refractivity contribution in [3.8, 4) is 11.5 Å². The van der Waals surface area contributed by atoms with Crippen molar-refractivity contribution in [3.63, 3.8) is 0 Å². The molecule has 0 aliphatic carbocycles. The van der Waals surface area contributed by atoms with Gasteiger partial charge in [-0.05, 0) is 39.0 Å². The van der Waals surface area contributed by atoms with Gasteiger partial charge in [0, 0.05) is 23.7 Å². The van der Waals surface area contributed by atoms with Crippen LogP contribution in [0.15, 0.2) is 10.9 Å². The number of nitrogens with zero attached hydrogens (tertiary/aromatic N) is 2. The zero-order valence-electron chi connectivity index (χ0n) is 14.4. The van der Waals surface area contributed by atoms with Gasteiger partial charge in [-0.1, -0.05) is 0 Å². The Morgan fingerprint density at radius 1 is 1.17 bits per heavy atom. The predicted octanol–water partition coefficient (Wildman–Crippen LogP) is 2.77. The second kappa shape index (κ2) is 5.69. The van der Waals surface area contributed by atoms with Crippen LogP contribution in [0.25, 0.3) is 10.9 Å². The predicted molar refractivity (Wildman–Crippen MR) is 93.3 cm³/mol. The number of rotatable bonds is 3. The molecular formula is C18H23N3O3. The van der Waals surface area contributed by atoms with Crippen molar-refractivity contribution in [1.29, 1.82) is 0 Å². The van der Waals surface area contributed by atoms with Crippen LogP contribution in [-0.2, 0) is 0 Å². The molecule has 2 aliphatic heterocycles. The Bertz CT molecular complexity index is 829. The van der Waals surface area contributed by atoms with Crippen LogP contribution in [0.2, 0.25) is 0 Å². The van der Waals surface area contributed by atoms with Crippen LogP contribution < -0.4 is 19.9 Å². The summed E-state index contributed by atoms with van der Waals surface area (Å²) in [6.45, 7) is 1.87. The van der Waals surface area contributed by atoms with E-state index in [0.717, 1.165) is 11.1 Å². The Balaban J connectivity index is 1.90. The van der Waals surface area contributed by atoms with E-state index in [9.17, 15) is 4.79 Å². The lowest BCUT2D eigenvalue weighted by molar-refractivity contribution is 0.354. The molecule has 24 heavy (non-hydrogen) atoms. The smallest absolute Gasteiger partial charge is 0.282 e. The number of methoxy groups -OCH3 is 2. The Morgan fingerprint density at radius 3 is 2.50 bits per heavy atom. The zero-order valence-corrected chi connectivity index (χ0v) is 14.4. The van der Waals surface area contributed by atoms with Crippen molar-refractivity contribution in [2.45, 2.75) is 51.1 Å². The SMILES string of the molecule is COc1cc2[nH]c(N3C4CCCC3CC4)nc(=O)c2c(C)c1OC. The van der Waals surface area contributed by atoms with Crippen LogP contribution >= 0.6 is 0 Å². The molecule has 2 bridgehead atoms. The Labute approximate surface area is 140 Å². The summed E-state index contributed by atoms with van der Waals surface area (Å²) in [5, 5.41) is 0.570. The fraction of sp³-hybridized carbons (Fsp3) is 0.556. The quantitative estimate of drug-likeness (QED) is 0.938. The zero-order chi connectivity index (χ0) is 16.8. The van der Waals surface area contributed by atoms with E-state index >= 15 is 0 Å². The second-order valence-corrected chi connectivity index (χ2v) is 6.75. The number of aromatic nitrogens is 2. The monoisotopic (exact) mass is 329 g/mol. The van der Waals surface area contributed by atoms with Gasteiger partial charge in [0.2, 0.25) is 5.95 Å². The molecule has 2 aliphatic rings. The highest BCUT2D eigenvalue weighted by atomic mass is 16.5. The van der Waals surface area contributed by atoms with Gasteiger partial charge in [-0.25, -0.2) is 0 Å². The van der Waals surface area contributed by atoms with Crippen molar-refractivity contribution in [1.82, 2.24) is 9.97 Å². The van der Waals surface area contributed by atoms with Gasteiger partial charge in [0.05, 0.1) is 25.1 Å². The minimum atomic E-state index is -0.206. The van der Waals surface area contributed by atoms with E-state index in [1.165, 1.54) is 32.1 Å². The lowest BCUT2D eigenvalue weighted by Gasteiger charge is -2.35. The van der Waals surface area contributed by atoms with E-state index in [-0.39, 0.29) is 5.56 Å². The lowest BCUT2D eigenvalue weighted by Crippen LogP contribution is -2.41. The molecule has 0 radical (unpaired) electrons. The van der Waals surface area contributed by atoms with E-state index < -0.39 is 0 Å². The molecule has 0 amide bonds. The molecule has 128 valence electrons. The normalized spacial score (nSPS) is 22.9.